The van der Waals surface area contributed by atoms with Gasteiger partial charge in [-0.15, -0.1) is 0 Å². The van der Waals surface area contributed by atoms with Crippen molar-refractivity contribution in [3.63, 3.8) is 0 Å². The molecule has 10 aromatic heterocycles. The van der Waals surface area contributed by atoms with Gasteiger partial charge in [-0.05, 0) is 297 Å². The molecule has 10 heteroatoms. The van der Waals surface area contributed by atoms with E-state index < -0.39 is 48.0 Å². The number of furan rings is 5. The van der Waals surface area contributed by atoms with Gasteiger partial charge in [0.05, 0.1) is 27.8 Å². The number of aryl methyl sites for hydroxylation is 20. The van der Waals surface area contributed by atoms with Gasteiger partial charge >= 0.3 is 0 Å². The van der Waals surface area contributed by atoms with Gasteiger partial charge in [0, 0.05) is 142 Å². The van der Waals surface area contributed by atoms with E-state index >= 15 is 0 Å². The minimum Gasteiger partial charge on any atom is -0.455 e. The van der Waals surface area contributed by atoms with E-state index in [1.54, 1.807) is 85.1 Å². The summed E-state index contributed by atoms with van der Waals surface area (Å²) in [5, 5.41) is 18.4. The summed E-state index contributed by atoms with van der Waals surface area (Å²) < 4.78 is 209. The second kappa shape index (κ2) is 33.9. The molecule has 0 aliphatic carbocycles. The molecule has 0 amide bonds. The zero-order valence-electron chi connectivity index (χ0n) is 98.1. The van der Waals surface area contributed by atoms with E-state index in [4.69, 9.17) is 50.9 Å². The molecule has 0 atom stereocenters. The fraction of sp³-hybridized carbons (Fsp3) is 0.160. The van der Waals surface area contributed by atoms with E-state index in [1.807, 2.05) is 270 Å². The fourth-order valence-corrected chi connectivity index (χ4v) is 19.8. The lowest BCUT2D eigenvalue weighted by atomic mass is 9.95. The first kappa shape index (κ1) is 65.0. The van der Waals surface area contributed by atoms with E-state index in [1.165, 1.54) is 5.39 Å². The molecule has 15 aromatic carbocycles. The molecule has 0 fully saturated rings. The first-order valence-corrected chi connectivity index (χ1v) is 45.0. The highest BCUT2D eigenvalue weighted by molar-refractivity contribution is 6.20. The van der Waals surface area contributed by atoms with Crippen LogP contribution >= 0.6 is 0 Å². The maximum atomic E-state index is 8.20. The molecule has 0 N–H and O–H groups in total. The number of aromatic nitrogens is 5. The fourth-order valence-electron chi connectivity index (χ4n) is 19.8. The van der Waals surface area contributed by atoms with Crippen molar-refractivity contribution in [2.75, 3.05) is 0 Å². The Bertz CT molecular complexity index is 10200. The van der Waals surface area contributed by atoms with E-state index in [0.29, 0.717) is 88.5 Å². The van der Waals surface area contributed by atoms with Crippen molar-refractivity contribution in [2.24, 2.45) is 35.2 Å². The van der Waals surface area contributed by atoms with Crippen molar-refractivity contribution < 1.29 is 73.7 Å². The molecule has 0 bridgehead atoms. The minimum atomic E-state index is -2.33. The van der Waals surface area contributed by atoms with Crippen LogP contribution in [0.25, 0.3) is 220 Å². The summed E-state index contributed by atoms with van der Waals surface area (Å²) in [6.07, 6.45) is 8.92. The van der Waals surface area contributed by atoms with E-state index in [-0.39, 0.29) is 22.3 Å². The Morgan fingerprint density at radius 1 is 0.193 bits per heavy atom. The van der Waals surface area contributed by atoms with Gasteiger partial charge < -0.3 is 22.1 Å². The molecular weight excluding hydrogens is 1650 g/mol. The van der Waals surface area contributed by atoms with Crippen LogP contribution in [-0.4, -0.2) is 0 Å². The van der Waals surface area contributed by atoms with Gasteiger partial charge in [-0.3, -0.25) is 0 Å². The lowest BCUT2D eigenvalue weighted by Gasteiger charge is -2.09. The zero-order chi connectivity index (χ0) is 111. The third-order valence-corrected chi connectivity index (χ3v) is 26.7. The number of benzene rings is 15. The van der Waals surface area contributed by atoms with Crippen LogP contribution in [0.4, 0.5) is 0 Å². The normalized spacial score (nSPS) is 14.7. The number of hydrogen-bond donors (Lipinski definition) is 0. The van der Waals surface area contributed by atoms with Crippen LogP contribution in [0, 0.1) is 103 Å². The number of fused-ring (bicyclic) bond motifs is 20. The zero-order valence-corrected chi connectivity index (χ0v) is 77.1. The van der Waals surface area contributed by atoms with E-state index in [0.717, 1.165) is 187 Å². The quantitative estimate of drug-likeness (QED) is 0.160. The van der Waals surface area contributed by atoms with Crippen LogP contribution in [0.5, 0.6) is 0 Å². The molecular formula is C125H110N5O5+5. The first-order chi connectivity index (χ1) is 73.6. The van der Waals surface area contributed by atoms with Gasteiger partial charge in [-0.1, -0.05) is 158 Å². The predicted octanol–water partition coefficient (Wildman–Crippen LogP) is 30.8. The van der Waals surface area contributed by atoms with Crippen molar-refractivity contribution in [1.29, 1.82) is 0 Å². The molecule has 10 heterocycles. The average molecular weight is 1780 g/mol. The van der Waals surface area contributed by atoms with Gasteiger partial charge in [0.2, 0.25) is 28.5 Å². The van der Waals surface area contributed by atoms with Gasteiger partial charge in [0.25, 0.3) is 0 Å². The first-order valence-electron chi connectivity index (χ1n) is 55.5. The Morgan fingerprint density at radius 3 is 0.852 bits per heavy atom. The van der Waals surface area contributed by atoms with Gasteiger partial charge in [0.15, 0.2) is 31.0 Å². The Balaban J connectivity index is 0.000000113. The summed E-state index contributed by atoms with van der Waals surface area (Å²) in [5.74, 6) is 0. The molecule has 660 valence electrons. The maximum absolute atomic E-state index is 8.20. The van der Waals surface area contributed by atoms with Crippen LogP contribution in [0.3, 0.4) is 0 Å². The van der Waals surface area contributed by atoms with Crippen LogP contribution in [0.1, 0.15) is 112 Å². The average Bonchev–Trinajstić information content (AvgIpc) is 1.58. The molecule has 10 nitrogen and oxygen atoms in total. The lowest BCUT2D eigenvalue weighted by molar-refractivity contribution is -0.660. The maximum Gasteiger partial charge on any atom is 0.216 e. The second-order valence-corrected chi connectivity index (χ2v) is 35.9. The van der Waals surface area contributed by atoms with Crippen molar-refractivity contribution in [3.05, 3.63) is 387 Å². The number of rotatable bonds is 5. The van der Waals surface area contributed by atoms with E-state index in [9.17, 15) is 0 Å². The Labute approximate surface area is 815 Å². The minimum absolute atomic E-state index is 0.234. The topological polar surface area (TPSA) is 85.1 Å². The van der Waals surface area contributed by atoms with Gasteiger partial charge in [0.1, 0.15) is 91.1 Å². The highest BCUT2D eigenvalue weighted by Gasteiger charge is 2.30. The standard InChI is InChI=1S/C26H24NO.3C25H22NO.C24H20NO/c1-15-11-22(27(5)14-18(15)4)25-17(3)10-16(2)24-21-12-19-8-6-7-9-20(19)13-23(21)28-26(24)25;1-15-9-10-20-21-12-18-7-5-6-8-19(18)13-23(21)27-25(20)24(15)22-11-16(2)17(3)14-26(22)4;1-15-9-10-21(26(4)14-15)24-17(3)11-16(2)23-20-12-18-7-5-6-8-19(18)13-22(20)27-25(23)24;1-15-9-10-26(4)21(11-15)24-17(3)12-16(2)23-20-13-18-7-5-6-8-19(18)14-22(20)27-25(23)24;1-15-12-16(2)23(20-10-6-7-11-25(20)3)24-22(15)19-13-17-8-4-5-9-18(17)14-21(19)26-24/h6-14H,1-5H3;3*5-14H,1-4H3;4-14H,1-3H3/q5*+1/i2D3,4D3;3D3;1D3,2D3;2D3;1D3. The van der Waals surface area contributed by atoms with Crippen LogP contribution in [-0.2, 0) is 35.2 Å². The molecule has 0 aliphatic heterocycles. The molecule has 0 radical (unpaired) electrons. The van der Waals surface area contributed by atoms with Crippen molar-refractivity contribution in [1.82, 2.24) is 0 Å². The molecule has 0 aliphatic rings. The number of pyridine rings is 5. The van der Waals surface area contributed by atoms with Crippen molar-refractivity contribution >= 4 is 164 Å². The Kier molecular flexibility index (Phi) is 16.3. The molecule has 0 unspecified atom stereocenters. The highest BCUT2D eigenvalue weighted by atomic mass is 16.3. The lowest BCUT2D eigenvalue weighted by Crippen LogP contribution is -2.31. The molecule has 25 rings (SSSR count). The Hall–Kier alpha value is -15.7. The summed E-state index contributed by atoms with van der Waals surface area (Å²) >= 11 is 0. The third-order valence-electron chi connectivity index (χ3n) is 26.7. The molecule has 0 saturated heterocycles. The number of nitrogens with zero attached hydrogens (tertiary/aromatic N) is 5. The second-order valence-electron chi connectivity index (χ2n) is 35.9. The smallest absolute Gasteiger partial charge is 0.216 e. The molecule has 0 saturated carbocycles. The number of hydrogen-bond acceptors (Lipinski definition) is 5. The van der Waals surface area contributed by atoms with Gasteiger partial charge in [-0.2, -0.15) is 0 Å². The SMILES string of the molecule is [2H]C([2H])([2H])c1c[n+](C)c(-c2c(C)cc(C([2H])([2H])[2H])c3c2oc2cc4ccccc4cc23)cc1C.[2H]C([2H])([2H])c1c[n+](C)c(-c2c(C)ccc3c2oc2cc4ccccc4cc23)cc1C.[2H]C([2H])([2H])c1cc(C)c(-c2cc(C)cc[n+]2C)c2oc3cc4ccccc4cc3c12.[2H]C([2H])([2H])c1cc(C)c(-c2cccc[n+]2C)c2oc3cc4ccccc4cc3c12.[2H]C([2H])([2H])c1ccc(-c2c(C)cc(C([2H])([2H])[2H])c3c2oc2cc4ccccc4cc23)[n+](C)c1. The van der Waals surface area contributed by atoms with E-state index in [2.05, 4.69) is 62.4 Å². The monoisotopic (exact) mass is 1780 g/mol. The molecule has 135 heavy (non-hydrogen) atoms. The van der Waals surface area contributed by atoms with Gasteiger partial charge in [-0.25, -0.2) is 22.8 Å². The molecule has 0 spiro atoms. The summed E-state index contributed by atoms with van der Waals surface area (Å²) in [4.78, 5) is 0. The Morgan fingerprint density at radius 2 is 0.496 bits per heavy atom. The van der Waals surface area contributed by atoms with Crippen LogP contribution in [0.2, 0.25) is 0 Å². The van der Waals surface area contributed by atoms with Crippen molar-refractivity contribution in [2.45, 2.75) is 103 Å². The molecule has 25 aromatic rings. The summed E-state index contributed by atoms with van der Waals surface area (Å²) in [5.41, 5.74) is 24.3. The van der Waals surface area contributed by atoms with Crippen LogP contribution in [0.15, 0.2) is 326 Å². The highest BCUT2D eigenvalue weighted by Crippen LogP contribution is 2.47. The summed E-state index contributed by atoms with van der Waals surface area (Å²) in [7, 11) is 9.44. The third kappa shape index (κ3) is 15.1. The summed E-state index contributed by atoms with van der Waals surface area (Å²) in [6, 6.07) is 88.8. The van der Waals surface area contributed by atoms with Crippen LogP contribution < -0.4 is 22.8 Å². The predicted molar refractivity (Wildman–Crippen MR) is 560 cm³/mol. The van der Waals surface area contributed by atoms with Crippen molar-refractivity contribution in [3.8, 4) is 56.3 Å². The largest absolute Gasteiger partial charge is 0.455 e. The summed E-state index contributed by atoms with van der Waals surface area (Å²) in [6.45, 7) is -0.341.